The highest BCUT2D eigenvalue weighted by atomic mass is 32.1. The first-order chi connectivity index (χ1) is 13.2. The summed E-state index contributed by atoms with van der Waals surface area (Å²) in [5.74, 6) is 0.318. The Morgan fingerprint density at radius 2 is 1.85 bits per heavy atom. The maximum Gasteiger partial charge on any atom is 0.348 e. The molecule has 0 unspecified atom stereocenters. The van der Waals surface area contributed by atoms with Crippen molar-refractivity contribution in [2.24, 2.45) is 0 Å². The molecule has 1 N–H and O–H groups in total. The molecule has 7 heteroatoms. The number of esters is 1. The van der Waals surface area contributed by atoms with Crippen LogP contribution in [0.1, 0.15) is 16.1 Å². The number of rotatable bonds is 4. The van der Waals surface area contributed by atoms with E-state index < -0.39 is 11.9 Å². The number of carbonyl (C=O) groups is 2. The van der Waals surface area contributed by atoms with Crippen molar-refractivity contribution < 1.29 is 23.8 Å². The van der Waals surface area contributed by atoms with Gasteiger partial charge < -0.3 is 19.5 Å². The van der Waals surface area contributed by atoms with Gasteiger partial charge in [-0.2, -0.15) is 0 Å². The number of anilines is 1. The molecule has 0 radical (unpaired) electrons. The molecule has 1 aliphatic rings. The Bertz CT molecular complexity index is 964. The minimum atomic E-state index is -0.509. The van der Waals surface area contributed by atoms with Crippen LogP contribution in [0, 0.1) is 0 Å². The summed E-state index contributed by atoms with van der Waals surface area (Å²) < 4.78 is 17.3. The van der Waals surface area contributed by atoms with Crippen molar-refractivity contribution in [3.8, 4) is 11.5 Å². The fourth-order valence-corrected chi connectivity index (χ4v) is 3.68. The van der Waals surface area contributed by atoms with Crippen molar-refractivity contribution in [1.82, 2.24) is 0 Å². The lowest BCUT2D eigenvalue weighted by Crippen LogP contribution is -2.20. The van der Waals surface area contributed by atoms with Gasteiger partial charge in [0.15, 0.2) is 18.1 Å². The topological polar surface area (TPSA) is 73.9 Å². The molecule has 2 aromatic carbocycles. The van der Waals surface area contributed by atoms with Crippen molar-refractivity contribution in [2.75, 3.05) is 25.1 Å². The highest BCUT2D eigenvalue weighted by Crippen LogP contribution is 2.32. The number of nitrogens with one attached hydrogen (secondary N) is 1. The van der Waals surface area contributed by atoms with Gasteiger partial charge in [0.1, 0.15) is 4.88 Å². The third kappa shape index (κ3) is 4.03. The normalized spacial score (nSPS) is 13.0. The van der Waals surface area contributed by atoms with E-state index in [0.717, 1.165) is 16.5 Å². The van der Waals surface area contributed by atoms with E-state index in [4.69, 9.17) is 14.2 Å². The first-order valence-electron chi connectivity index (χ1n) is 8.54. The van der Waals surface area contributed by atoms with Crippen LogP contribution in [0.15, 0.2) is 48.5 Å². The molecule has 1 aliphatic heterocycles. The Morgan fingerprint density at radius 1 is 1.04 bits per heavy atom. The van der Waals surface area contributed by atoms with Crippen LogP contribution in [0.25, 0.3) is 10.1 Å². The van der Waals surface area contributed by atoms with Crippen molar-refractivity contribution in [3.05, 3.63) is 53.4 Å². The fourth-order valence-electron chi connectivity index (χ4n) is 2.72. The lowest BCUT2D eigenvalue weighted by atomic mass is 10.2. The van der Waals surface area contributed by atoms with Crippen LogP contribution < -0.4 is 14.8 Å². The van der Waals surface area contributed by atoms with Gasteiger partial charge in [-0.3, -0.25) is 4.79 Å². The van der Waals surface area contributed by atoms with Gasteiger partial charge in [-0.05, 0) is 29.7 Å². The van der Waals surface area contributed by atoms with Gasteiger partial charge in [-0.25, -0.2) is 4.79 Å². The zero-order valence-electron chi connectivity index (χ0n) is 14.4. The maximum absolute atomic E-state index is 12.2. The molecule has 0 saturated carbocycles. The number of carbonyl (C=O) groups excluding carboxylic acids is 2. The predicted octanol–water partition coefficient (Wildman–Crippen LogP) is 3.86. The molecule has 2 heterocycles. The number of hydrogen-bond acceptors (Lipinski definition) is 6. The zero-order chi connectivity index (χ0) is 18.6. The number of fused-ring (bicyclic) bond motifs is 2. The minimum Gasteiger partial charge on any atom is -0.490 e. The SMILES string of the molecule is O=C(COC(=O)c1cc2ccccc2s1)Nc1ccc2c(c1)OCCCO2. The van der Waals surface area contributed by atoms with Gasteiger partial charge >= 0.3 is 5.97 Å². The third-order valence-corrected chi connectivity index (χ3v) is 5.09. The van der Waals surface area contributed by atoms with Crippen molar-refractivity contribution in [1.29, 1.82) is 0 Å². The molecule has 1 aromatic heterocycles. The van der Waals surface area contributed by atoms with Gasteiger partial charge in [0.2, 0.25) is 0 Å². The van der Waals surface area contributed by atoms with Crippen molar-refractivity contribution in [3.63, 3.8) is 0 Å². The van der Waals surface area contributed by atoms with E-state index in [1.54, 1.807) is 24.3 Å². The lowest BCUT2D eigenvalue weighted by molar-refractivity contribution is -0.119. The van der Waals surface area contributed by atoms with E-state index in [1.165, 1.54) is 11.3 Å². The van der Waals surface area contributed by atoms with Gasteiger partial charge in [-0.15, -0.1) is 11.3 Å². The highest BCUT2D eigenvalue weighted by molar-refractivity contribution is 7.20. The summed E-state index contributed by atoms with van der Waals surface area (Å²) >= 11 is 1.34. The van der Waals surface area contributed by atoms with Gasteiger partial charge in [0, 0.05) is 22.9 Å². The predicted molar refractivity (Wildman–Crippen MR) is 103 cm³/mol. The molecule has 0 spiro atoms. The van der Waals surface area contributed by atoms with Gasteiger partial charge in [0.05, 0.1) is 13.2 Å². The molecule has 0 saturated heterocycles. The van der Waals surface area contributed by atoms with Crippen LogP contribution in [0.4, 0.5) is 5.69 Å². The molecule has 138 valence electrons. The van der Waals surface area contributed by atoms with E-state index in [9.17, 15) is 9.59 Å². The molecule has 0 fully saturated rings. The summed E-state index contributed by atoms with van der Waals surface area (Å²) in [5, 5.41) is 3.68. The van der Waals surface area contributed by atoms with Crippen molar-refractivity contribution >= 4 is 39.0 Å². The molecule has 1 amide bonds. The Hall–Kier alpha value is -3.06. The number of benzene rings is 2. The number of hydrogen-bond donors (Lipinski definition) is 1. The Kier molecular flexibility index (Phi) is 4.93. The van der Waals surface area contributed by atoms with Crippen LogP contribution in [0.5, 0.6) is 11.5 Å². The summed E-state index contributed by atoms with van der Waals surface area (Å²) in [7, 11) is 0. The second-order valence-electron chi connectivity index (χ2n) is 5.98. The van der Waals surface area contributed by atoms with Crippen LogP contribution in [-0.2, 0) is 9.53 Å². The highest BCUT2D eigenvalue weighted by Gasteiger charge is 2.15. The molecule has 0 bridgehead atoms. The van der Waals surface area contributed by atoms with Crippen LogP contribution in [0.3, 0.4) is 0 Å². The lowest BCUT2D eigenvalue weighted by Gasteiger charge is -2.10. The Morgan fingerprint density at radius 3 is 2.70 bits per heavy atom. The first-order valence-corrected chi connectivity index (χ1v) is 9.36. The number of thiophene rings is 1. The Balaban J connectivity index is 1.35. The molecule has 4 rings (SSSR count). The quantitative estimate of drug-likeness (QED) is 0.693. The van der Waals surface area contributed by atoms with Gasteiger partial charge in [0.25, 0.3) is 5.91 Å². The fraction of sp³-hybridized carbons (Fsp3) is 0.200. The standard InChI is InChI=1S/C20H17NO5S/c22-19(21-14-6-7-15-16(11-14)25-9-3-8-24-15)12-26-20(23)18-10-13-4-1-2-5-17(13)27-18/h1-2,4-7,10-11H,3,8-9,12H2,(H,21,22). The van der Waals surface area contributed by atoms with Gasteiger partial charge in [-0.1, -0.05) is 18.2 Å². The van der Waals surface area contributed by atoms with E-state index in [2.05, 4.69) is 5.32 Å². The molecule has 0 aliphatic carbocycles. The minimum absolute atomic E-state index is 0.360. The van der Waals surface area contributed by atoms with Crippen LogP contribution in [-0.4, -0.2) is 31.7 Å². The van der Waals surface area contributed by atoms with E-state index in [1.807, 2.05) is 24.3 Å². The smallest absolute Gasteiger partial charge is 0.348 e. The summed E-state index contributed by atoms with van der Waals surface area (Å²) in [4.78, 5) is 24.7. The van der Waals surface area contributed by atoms with E-state index >= 15 is 0 Å². The van der Waals surface area contributed by atoms with Crippen molar-refractivity contribution in [2.45, 2.75) is 6.42 Å². The molecule has 0 atom stereocenters. The zero-order valence-corrected chi connectivity index (χ0v) is 15.2. The largest absolute Gasteiger partial charge is 0.490 e. The maximum atomic E-state index is 12.2. The number of ether oxygens (including phenoxy) is 3. The van der Waals surface area contributed by atoms with Crippen LogP contribution >= 0.6 is 11.3 Å². The molecule has 6 nitrogen and oxygen atoms in total. The monoisotopic (exact) mass is 383 g/mol. The summed E-state index contributed by atoms with van der Waals surface area (Å²) in [6, 6.07) is 14.6. The summed E-state index contributed by atoms with van der Waals surface area (Å²) in [6.45, 7) is 0.811. The number of amides is 1. The summed E-state index contributed by atoms with van der Waals surface area (Å²) in [5.41, 5.74) is 0.558. The molecule has 3 aromatic rings. The second-order valence-corrected chi connectivity index (χ2v) is 7.07. The molecular formula is C20H17NO5S. The second kappa shape index (κ2) is 7.67. The third-order valence-electron chi connectivity index (χ3n) is 3.99. The van der Waals surface area contributed by atoms with Crippen LogP contribution in [0.2, 0.25) is 0 Å². The molecular weight excluding hydrogens is 366 g/mol. The first kappa shape index (κ1) is 17.4. The average molecular weight is 383 g/mol. The average Bonchev–Trinajstić information content (AvgIpc) is 2.98. The Labute approximate surface area is 159 Å². The van der Waals surface area contributed by atoms with E-state index in [0.29, 0.717) is 35.3 Å². The van der Waals surface area contributed by atoms with E-state index in [-0.39, 0.29) is 6.61 Å². The summed E-state index contributed by atoms with van der Waals surface area (Å²) in [6.07, 6.45) is 0.810. The molecule has 27 heavy (non-hydrogen) atoms.